The number of nitrogens with zero attached hydrogens (tertiary/aromatic N) is 2. The van der Waals surface area contributed by atoms with Crippen molar-refractivity contribution in [1.82, 2.24) is 15.1 Å². The van der Waals surface area contributed by atoms with E-state index in [1.54, 1.807) is 13.8 Å². The Labute approximate surface area is 131 Å². The fourth-order valence-electron chi connectivity index (χ4n) is 2.29. The zero-order chi connectivity index (χ0) is 17.9. The number of hydrogen-bond acceptors (Lipinski definition) is 3. The zero-order valence-corrected chi connectivity index (χ0v) is 13.4. The monoisotopic (exact) mass is 335 g/mol. The highest BCUT2D eigenvalue weighted by Crippen LogP contribution is 2.26. The van der Waals surface area contributed by atoms with Gasteiger partial charge in [-0.2, -0.15) is 18.3 Å². The van der Waals surface area contributed by atoms with Crippen LogP contribution in [0.1, 0.15) is 36.7 Å². The van der Waals surface area contributed by atoms with Crippen LogP contribution in [-0.4, -0.2) is 39.5 Å². The molecule has 0 aliphatic rings. The lowest BCUT2D eigenvalue weighted by molar-refractivity contribution is -0.143. The summed E-state index contributed by atoms with van der Waals surface area (Å²) in [5.74, 6) is -2.96. The van der Waals surface area contributed by atoms with Gasteiger partial charge < -0.3 is 10.4 Å². The number of halogens is 3. The number of carbonyl (C=O) groups excluding carboxylic acids is 1. The molecule has 1 heterocycles. The van der Waals surface area contributed by atoms with Gasteiger partial charge in [-0.25, -0.2) is 0 Å². The van der Waals surface area contributed by atoms with Crippen LogP contribution >= 0.6 is 0 Å². The first kappa shape index (κ1) is 19.0. The Morgan fingerprint density at radius 1 is 1.30 bits per heavy atom. The maximum Gasteiger partial charge on any atom is 0.408 e. The molecule has 0 saturated heterocycles. The summed E-state index contributed by atoms with van der Waals surface area (Å²) in [6.07, 6.45) is -4.40. The third-order valence-corrected chi connectivity index (χ3v) is 3.60. The largest absolute Gasteiger partial charge is 0.481 e. The van der Waals surface area contributed by atoms with Gasteiger partial charge in [0, 0.05) is 17.8 Å². The molecule has 2 atom stereocenters. The van der Waals surface area contributed by atoms with Crippen molar-refractivity contribution in [2.45, 2.75) is 46.3 Å². The van der Waals surface area contributed by atoms with Crippen molar-refractivity contribution in [2.75, 3.05) is 6.54 Å². The number of aromatic nitrogens is 2. The first-order chi connectivity index (χ1) is 10.4. The molecule has 9 heteroatoms. The summed E-state index contributed by atoms with van der Waals surface area (Å²) in [5, 5.41) is 15.1. The van der Waals surface area contributed by atoms with Gasteiger partial charge in [0.25, 0.3) is 0 Å². The molecule has 0 aliphatic carbocycles. The van der Waals surface area contributed by atoms with E-state index >= 15 is 0 Å². The number of rotatable bonds is 6. The Bertz CT molecular complexity index is 596. The lowest BCUT2D eigenvalue weighted by Crippen LogP contribution is -2.34. The third kappa shape index (κ3) is 4.97. The van der Waals surface area contributed by atoms with Crippen molar-refractivity contribution in [3.8, 4) is 0 Å². The van der Waals surface area contributed by atoms with Crippen LogP contribution < -0.4 is 5.32 Å². The van der Waals surface area contributed by atoms with Gasteiger partial charge in [-0.3, -0.25) is 14.3 Å². The third-order valence-electron chi connectivity index (χ3n) is 3.60. The molecule has 0 radical (unpaired) electrons. The van der Waals surface area contributed by atoms with Gasteiger partial charge in [0.15, 0.2) is 0 Å². The minimum absolute atomic E-state index is 0.0483. The molecule has 0 fully saturated rings. The summed E-state index contributed by atoms with van der Waals surface area (Å²) in [6.45, 7) is 4.75. The number of aliphatic carboxylic acids is 1. The van der Waals surface area contributed by atoms with Crippen LogP contribution in [0.25, 0.3) is 0 Å². The van der Waals surface area contributed by atoms with E-state index in [1.165, 1.54) is 13.8 Å². The van der Waals surface area contributed by atoms with Crippen LogP contribution in [0.2, 0.25) is 0 Å². The van der Waals surface area contributed by atoms with Gasteiger partial charge in [0.2, 0.25) is 5.91 Å². The smallest absolute Gasteiger partial charge is 0.408 e. The quantitative estimate of drug-likeness (QED) is 0.833. The van der Waals surface area contributed by atoms with Gasteiger partial charge in [-0.05, 0) is 20.8 Å². The molecule has 0 aromatic carbocycles. The van der Waals surface area contributed by atoms with E-state index in [-0.39, 0.29) is 12.2 Å². The SMILES string of the molecule is Cc1nn(CC(F)(F)F)c(C)c1C(C)C(=O)NCC(C)C(=O)O. The number of carboxylic acids is 1. The van der Waals surface area contributed by atoms with E-state index in [2.05, 4.69) is 10.4 Å². The molecular formula is C14H20F3N3O3. The molecule has 0 spiro atoms. The second-order valence-corrected chi connectivity index (χ2v) is 5.56. The van der Waals surface area contributed by atoms with Crippen molar-refractivity contribution in [2.24, 2.45) is 5.92 Å². The molecule has 0 bridgehead atoms. The predicted octanol–water partition coefficient (Wildman–Crippen LogP) is 2.00. The number of aryl methyl sites for hydroxylation is 1. The maximum absolute atomic E-state index is 12.5. The molecule has 1 rings (SSSR count). The molecule has 1 aromatic heterocycles. The Kier molecular flexibility index (Phi) is 5.79. The van der Waals surface area contributed by atoms with E-state index in [9.17, 15) is 22.8 Å². The van der Waals surface area contributed by atoms with Gasteiger partial charge in [-0.1, -0.05) is 6.92 Å². The predicted molar refractivity (Wildman–Crippen MR) is 76.0 cm³/mol. The van der Waals surface area contributed by atoms with Crippen LogP contribution in [-0.2, 0) is 16.1 Å². The van der Waals surface area contributed by atoms with Crippen LogP contribution in [0.3, 0.4) is 0 Å². The number of amides is 1. The van der Waals surface area contributed by atoms with Crippen LogP contribution in [0, 0.1) is 19.8 Å². The lowest BCUT2D eigenvalue weighted by atomic mass is 9.98. The minimum Gasteiger partial charge on any atom is -0.481 e. The molecule has 1 aromatic rings. The summed E-state index contributed by atoms with van der Waals surface area (Å²) in [4.78, 5) is 22.8. The second kappa shape index (κ2) is 7.01. The van der Waals surface area contributed by atoms with Gasteiger partial charge >= 0.3 is 12.1 Å². The van der Waals surface area contributed by atoms with Crippen LogP contribution in [0.15, 0.2) is 0 Å². The Balaban J connectivity index is 2.89. The molecule has 0 saturated carbocycles. The summed E-state index contributed by atoms with van der Waals surface area (Å²) in [5.41, 5.74) is 1.05. The summed E-state index contributed by atoms with van der Waals surface area (Å²) < 4.78 is 38.4. The highest BCUT2D eigenvalue weighted by atomic mass is 19.4. The number of carbonyl (C=O) groups is 2. The normalized spacial score (nSPS) is 14.4. The van der Waals surface area contributed by atoms with E-state index < -0.39 is 36.4 Å². The standard InChI is InChI=1S/C14H20F3N3O3/c1-7(13(22)23)5-18-12(21)8(2)11-9(3)19-20(10(11)4)6-14(15,16)17/h7-8H,5-6H2,1-4H3,(H,18,21)(H,22,23). The highest BCUT2D eigenvalue weighted by molar-refractivity contribution is 5.84. The molecule has 2 unspecified atom stereocenters. The molecule has 0 aliphatic heterocycles. The molecule has 130 valence electrons. The van der Waals surface area contributed by atoms with Gasteiger partial charge in [0.05, 0.1) is 17.5 Å². The maximum atomic E-state index is 12.5. The fraction of sp³-hybridized carbons (Fsp3) is 0.643. The van der Waals surface area contributed by atoms with Crippen molar-refractivity contribution in [1.29, 1.82) is 0 Å². The highest BCUT2D eigenvalue weighted by Gasteiger charge is 2.31. The number of alkyl halides is 3. The fourth-order valence-corrected chi connectivity index (χ4v) is 2.29. The number of hydrogen-bond donors (Lipinski definition) is 2. The number of carboxylic acid groups (broad SMARTS) is 1. The second-order valence-electron chi connectivity index (χ2n) is 5.56. The Hall–Kier alpha value is -2.06. The molecule has 1 amide bonds. The Morgan fingerprint density at radius 2 is 1.87 bits per heavy atom. The van der Waals surface area contributed by atoms with Crippen molar-refractivity contribution in [3.05, 3.63) is 17.0 Å². The van der Waals surface area contributed by atoms with Crippen molar-refractivity contribution >= 4 is 11.9 Å². The van der Waals surface area contributed by atoms with Crippen LogP contribution in [0.5, 0.6) is 0 Å². The van der Waals surface area contributed by atoms with Gasteiger partial charge in [0.1, 0.15) is 6.54 Å². The van der Waals surface area contributed by atoms with E-state index in [0.29, 0.717) is 11.3 Å². The summed E-state index contributed by atoms with van der Waals surface area (Å²) in [7, 11) is 0. The summed E-state index contributed by atoms with van der Waals surface area (Å²) >= 11 is 0. The Morgan fingerprint density at radius 3 is 2.35 bits per heavy atom. The van der Waals surface area contributed by atoms with Crippen molar-refractivity contribution in [3.63, 3.8) is 0 Å². The van der Waals surface area contributed by atoms with Gasteiger partial charge in [-0.15, -0.1) is 0 Å². The number of nitrogens with one attached hydrogen (secondary N) is 1. The van der Waals surface area contributed by atoms with E-state index in [4.69, 9.17) is 5.11 Å². The van der Waals surface area contributed by atoms with Crippen LogP contribution in [0.4, 0.5) is 13.2 Å². The topological polar surface area (TPSA) is 84.2 Å². The van der Waals surface area contributed by atoms with Crippen molar-refractivity contribution < 1.29 is 27.9 Å². The molecule has 6 nitrogen and oxygen atoms in total. The van der Waals surface area contributed by atoms with E-state index in [1.807, 2.05) is 0 Å². The first-order valence-electron chi connectivity index (χ1n) is 7.05. The average molecular weight is 335 g/mol. The van der Waals surface area contributed by atoms with E-state index in [0.717, 1.165) is 4.68 Å². The lowest BCUT2D eigenvalue weighted by Gasteiger charge is -2.15. The molecule has 2 N–H and O–H groups in total. The summed E-state index contributed by atoms with van der Waals surface area (Å²) in [6, 6.07) is 0. The first-order valence-corrected chi connectivity index (χ1v) is 7.05. The molecular weight excluding hydrogens is 315 g/mol. The zero-order valence-electron chi connectivity index (χ0n) is 13.4. The minimum atomic E-state index is -4.40. The average Bonchev–Trinajstić information content (AvgIpc) is 2.67. The molecule has 23 heavy (non-hydrogen) atoms.